The second-order valence-electron chi connectivity index (χ2n) is 6.20. The van der Waals surface area contributed by atoms with E-state index in [1.807, 2.05) is 0 Å². The van der Waals surface area contributed by atoms with Gasteiger partial charge in [0.15, 0.2) is 0 Å². The van der Waals surface area contributed by atoms with E-state index in [2.05, 4.69) is 10.6 Å². The molecule has 1 saturated carbocycles. The highest BCUT2D eigenvalue weighted by atomic mass is 35.5. The van der Waals surface area contributed by atoms with Gasteiger partial charge in [-0.3, -0.25) is 4.79 Å². The molecule has 2 N–H and O–H groups in total. The summed E-state index contributed by atoms with van der Waals surface area (Å²) < 4.78 is 5.44. The quantitative estimate of drug-likeness (QED) is 0.824. The van der Waals surface area contributed by atoms with Crippen LogP contribution in [0.2, 0.25) is 0 Å². The Bertz CT molecular complexity index is 313. The van der Waals surface area contributed by atoms with Gasteiger partial charge >= 0.3 is 0 Å². The highest BCUT2D eigenvalue weighted by molar-refractivity contribution is 5.85. The van der Waals surface area contributed by atoms with E-state index in [1.54, 1.807) is 0 Å². The van der Waals surface area contributed by atoms with E-state index in [4.69, 9.17) is 4.74 Å². The molecule has 4 nitrogen and oxygen atoms in total. The zero-order chi connectivity index (χ0) is 12.4. The second-order valence-corrected chi connectivity index (χ2v) is 6.20. The zero-order valence-corrected chi connectivity index (χ0v) is 12.3. The smallest absolute Gasteiger partial charge is 0.223 e. The van der Waals surface area contributed by atoms with Crippen LogP contribution in [-0.4, -0.2) is 38.8 Å². The van der Waals surface area contributed by atoms with Gasteiger partial charge in [-0.1, -0.05) is 0 Å². The molecule has 0 bridgehead atoms. The predicted octanol–water partition coefficient (Wildman–Crippen LogP) is 1.34. The van der Waals surface area contributed by atoms with Crippen molar-refractivity contribution in [1.29, 1.82) is 0 Å². The maximum atomic E-state index is 12.1. The van der Waals surface area contributed by atoms with E-state index in [1.165, 1.54) is 19.3 Å². The third kappa shape index (κ3) is 3.41. The van der Waals surface area contributed by atoms with Crippen LogP contribution in [0, 0.1) is 17.3 Å². The van der Waals surface area contributed by atoms with Gasteiger partial charge < -0.3 is 15.4 Å². The number of hydrogen-bond acceptors (Lipinski definition) is 3. The number of halogens is 1. The molecule has 1 amide bonds. The van der Waals surface area contributed by atoms with Crippen molar-refractivity contribution in [3.05, 3.63) is 0 Å². The molecule has 0 aromatic heterocycles. The molecular formula is C14H25ClN2O2. The molecule has 0 aromatic rings. The first-order valence-electron chi connectivity index (χ1n) is 7.36. The summed E-state index contributed by atoms with van der Waals surface area (Å²) in [6.45, 7) is 4.69. The molecule has 19 heavy (non-hydrogen) atoms. The standard InChI is InChI=1S/C14H24N2O2.ClH/c17-13(16-9-11-2-1-7-18-10-11)12-8-14(12)3-5-15-6-4-14;/h11-12,15H,1-10H2,(H,16,17);1H. The third-order valence-corrected chi connectivity index (χ3v) is 4.93. The Kier molecular flexibility index (Phi) is 5.09. The molecule has 3 fully saturated rings. The summed E-state index contributed by atoms with van der Waals surface area (Å²) in [5.74, 6) is 1.12. The fraction of sp³-hybridized carbons (Fsp3) is 0.929. The molecule has 0 aromatic carbocycles. The maximum Gasteiger partial charge on any atom is 0.223 e. The van der Waals surface area contributed by atoms with Gasteiger partial charge in [0.1, 0.15) is 0 Å². The molecule has 2 unspecified atom stereocenters. The van der Waals surface area contributed by atoms with Crippen molar-refractivity contribution in [3.8, 4) is 0 Å². The van der Waals surface area contributed by atoms with Gasteiger partial charge in [-0.05, 0) is 56.5 Å². The summed E-state index contributed by atoms with van der Waals surface area (Å²) in [5, 5.41) is 6.52. The van der Waals surface area contributed by atoms with Gasteiger partial charge in [0.2, 0.25) is 5.91 Å². The van der Waals surface area contributed by atoms with Gasteiger partial charge in [-0.15, -0.1) is 12.4 Å². The van der Waals surface area contributed by atoms with Gasteiger partial charge in [0, 0.05) is 19.1 Å². The van der Waals surface area contributed by atoms with Crippen LogP contribution in [0.5, 0.6) is 0 Å². The highest BCUT2D eigenvalue weighted by Crippen LogP contribution is 2.58. The number of rotatable bonds is 3. The lowest BCUT2D eigenvalue weighted by atomic mass is 9.91. The van der Waals surface area contributed by atoms with E-state index < -0.39 is 0 Å². The number of hydrogen-bond donors (Lipinski definition) is 2. The summed E-state index contributed by atoms with van der Waals surface area (Å²) >= 11 is 0. The van der Waals surface area contributed by atoms with E-state index >= 15 is 0 Å². The van der Waals surface area contributed by atoms with Crippen LogP contribution in [0.15, 0.2) is 0 Å². The number of carbonyl (C=O) groups excluding carboxylic acids is 1. The predicted molar refractivity (Wildman–Crippen MR) is 76.4 cm³/mol. The maximum absolute atomic E-state index is 12.1. The van der Waals surface area contributed by atoms with Crippen LogP contribution in [0.25, 0.3) is 0 Å². The van der Waals surface area contributed by atoms with Crippen LogP contribution in [0.4, 0.5) is 0 Å². The van der Waals surface area contributed by atoms with Crippen molar-refractivity contribution in [1.82, 2.24) is 10.6 Å². The molecule has 1 aliphatic carbocycles. The van der Waals surface area contributed by atoms with Crippen LogP contribution >= 0.6 is 12.4 Å². The monoisotopic (exact) mass is 288 g/mol. The average molecular weight is 289 g/mol. The number of amides is 1. The topological polar surface area (TPSA) is 50.4 Å². The number of nitrogens with one attached hydrogen (secondary N) is 2. The number of piperidine rings is 1. The van der Waals surface area contributed by atoms with Crippen LogP contribution < -0.4 is 10.6 Å². The number of carbonyl (C=O) groups is 1. The molecular weight excluding hydrogens is 264 g/mol. The second kappa shape index (κ2) is 6.42. The summed E-state index contributed by atoms with van der Waals surface area (Å²) in [6.07, 6.45) is 5.80. The zero-order valence-electron chi connectivity index (χ0n) is 11.5. The minimum atomic E-state index is 0. The van der Waals surface area contributed by atoms with Gasteiger partial charge in [0.25, 0.3) is 0 Å². The molecule has 2 heterocycles. The fourth-order valence-electron chi connectivity index (χ4n) is 3.53. The fourth-order valence-corrected chi connectivity index (χ4v) is 3.53. The Morgan fingerprint density at radius 2 is 2.16 bits per heavy atom. The molecule has 5 heteroatoms. The van der Waals surface area contributed by atoms with E-state index in [0.29, 0.717) is 23.2 Å². The Morgan fingerprint density at radius 3 is 2.84 bits per heavy atom. The Morgan fingerprint density at radius 1 is 1.37 bits per heavy atom. The Balaban J connectivity index is 0.00000133. The Hall–Kier alpha value is -0.320. The van der Waals surface area contributed by atoms with Crippen LogP contribution in [0.1, 0.15) is 32.1 Å². The first-order chi connectivity index (χ1) is 8.80. The third-order valence-electron chi connectivity index (χ3n) is 4.93. The van der Waals surface area contributed by atoms with E-state index in [0.717, 1.165) is 45.7 Å². The lowest BCUT2D eigenvalue weighted by Crippen LogP contribution is -2.37. The number of ether oxygens (including phenoxy) is 1. The molecule has 2 saturated heterocycles. The lowest BCUT2D eigenvalue weighted by molar-refractivity contribution is -0.123. The molecule has 3 aliphatic rings. The van der Waals surface area contributed by atoms with E-state index in [-0.39, 0.29) is 12.4 Å². The van der Waals surface area contributed by atoms with Crippen molar-refractivity contribution in [2.24, 2.45) is 17.3 Å². The van der Waals surface area contributed by atoms with E-state index in [9.17, 15) is 4.79 Å². The van der Waals surface area contributed by atoms with Gasteiger partial charge in [-0.2, -0.15) is 0 Å². The van der Waals surface area contributed by atoms with Crippen molar-refractivity contribution >= 4 is 18.3 Å². The normalized spacial score (nSPS) is 32.4. The molecule has 3 rings (SSSR count). The largest absolute Gasteiger partial charge is 0.381 e. The summed E-state index contributed by atoms with van der Waals surface area (Å²) in [7, 11) is 0. The van der Waals surface area contributed by atoms with Crippen molar-refractivity contribution < 1.29 is 9.53 Å². The SMILES string of the molecule is Cl.O=C(NCC1CCCOC1)C1CC12CCNCC2. The molecule has 1 spiro atoms. The minimum absolute atomic E-state index is 0. The lowest BCUT2D eigenvalue weighted by Gasteiger charge is -2.24. The van der Waals surface area contributed by atoms with Crippen molar-refractivity contribution in [3.63, 3.8) is 0 Å². The van der Waals surface area contributed by atoms with Gasteiger partial charge in [0.05, 0.1) is 6.61 Å². The molecule has 2 atom stereocenters. The average Bonchev–Trinajstić information content (AvgIpc) is 3.12. The summed E-state index contributed by atoms with van der Waals surface area (Å²) in [5.41, 5.74) is 0.360. The van der Waals surface area contributed by atoms with Crippen molar-refractivity contribution in [2.45, 2.75) is 32.1 Å². The Labute approximate surface area is 121 Å². The summed E-state index contributed by atoms with van der Waals surface area (Å²) in [6, 6.07) is 0. The summed E-state index contributed by atoms with van der Waals surface area (Å²) in [4.78, 5) is 12.1. The first-order valence-corrected chi connectivity index (χ1v) is 7.36. The van der Waals surface area contributed by atoms with Crippen molar-refractivity contribution in [2.75, 3.05) is 32.8 Å². The molecule has 110 valence electrons. The van der Waals surface area contributed by atoms with Crippen LogP contribution in [0.3, 0.4) is 0 Å². The van der Waals surface area contributed by atoms with Crippen LogP contribution in [-0.2, 0) is 9.53 Å². The minimum Gasteiger partial charge on any atom is -0.381 e. The first kappa shape index (κ1) is 15.1. The molecule has 2 aliphatic heterocycles. The highest BCUT2D eigenvalue weighted by Gasteiger charge is 2.57. The van der Waals surface area contributed by atoms with Gasteiger partial charge in [-0.25, -0.2) is 0 Å². The molecule has 0 radical (unpaired) electrons.